The van der Waals surface area contributed by atoms with Gasteiger partial charge in [0, 0.05) is 37.4 Å². The molecule has 0 fully saturated rings. The Bertz CT molecular complexity index is 912. The van der Waals surface area contributed by atoms with E-state index in [4.69, 9.17) is 4.74 Å². The van der Waals surface area contributed by atoms with Gasteiger partial charge < -0.3 is 15.0 Å². The Morgan fingerprint density at radius 1 is 1.07 bits per heavy atom. The lowest BCUT2D eigenvalue weighted by Crippen LogP contribution is -2.39. The Balaban J connectivity index is 1.70. The van der Waals surface area contributed by atoms with Crippen LogP contribution in [-0.2, 0) is 9.53 Å². The van der Waals surface area contributed by atoms with E-state index in [-0.39, 0.29) is 18.4 Å². The van der Waals surface area contributed by atoms with Gasteiger partial charge in [0.05, 0.1) is 0 Å². The molecule has 0 spiro atoms. The third-order valence-corrected chi connectivity index (χ3v) is 5.00. The van der Waals surface area contributed by atoms with Gasteiger partial charge in [-0.3, -0.25) is 9.59 Å². The number of carbonyl (C=O) groups is 2. The zero-order valence-electron chi connectivity index (χ0n) is 16.2. The lowest BCUT2D eigenvalue weighted by Gasteiger charge is -2.22. The normalized spacial score (nSPS) is 10.5. The lowest BCUT2D eigenvalue weighted by molar-refractivity contribution is -0.116. The average Bonchev–Trinajstić information content (AvgIpc) is 3.26. The maximum absolute atomic E-state index is 13.0. The maximum atomic E-state index is 13.0. The van der Waals surface area contributed by atoms with Crippen LogP contribution in [-0.4, -0.2) is 48.5 Å². The van der Waals surface area contributed by atoms with Gasteiger partial charge in [0.1, 0.15) is 6.54 Å². The predicted octanol–water partition coefficient (Wildman–Crippen LogP) is 3.93. The minimum atomic E-state index is -0.272. The molecule has 3 rings (SSSR count). The second kappa shape index (κ2) is 10.5. The van der Waals surface area contributed by atoms with Crippen LogP contribution in [0, 0.1) is 0 Å². The number of benzene rings is 2. The number of nitrogens with one attached hydrogen (secondary N) is 1. The lowest BCUT2D eigenvalue weighted by atomic mass is 10.0. The number of carbonyl (C=O) groups excluding carboxylic acids is 2. The summed E-state index contributed by atoms with van der Waals surface area (Å²) in [4.78, 5) is 31.0. The molecular weight excluding hydrogens is 386 g/mol. The van der Waals surface area contributed by atoms with Crippen LogP contribution in [0.15, 0.2) is 66.2 Å². The molecule has 0 bridgehead atoms. The third kappa shape index (κ3) is 5.97. The molecule has 0 aliphatic rings. The Hall–Kier alpha value is -3.03. The first-order chi connectivity index (χ1) is 14.2. The van der Waals surface area contributed by atoms with Gasteiger partial charge in [0.2, 0.25) is 5.91 Å². The molecule has 150 valence electrons. The molecule has 0 aliphatic carbocycles. The zero-order chi connectivity index (χ0) is 20.5. The van der Waals surface area contributed by atoms with Crippen LogP contribution >= 0.6 is 11.3 Å². The van der Waals surface area contributed by atoms with Crippen LogP contribution < -0.4 is 5.32 Å². The maximum Gasteiger partial charge on any atom is 0.254 e. The van der Waals surface area contributed by atoms with Crippen molar-refractivity contribution in [1.82, 2.24) is 9.88 Å². The van der Waals surface area contributed by atoms with Crippen molar-refractivity contribution in [3.8, 4) is 11.1 Å². The molecule has 2 aromatic carbocycles. The largest absolute Gasteiger partial charge is 0.385 e. The zero-order valence-corrected chi connectivity index (χ0v) is 17.0. The molecule has 1 aromatic heterocycles. The highest BCUT2D eigenvalue weighted by atomic mass is 32.1. The smallest absolute Gasteiger partial charge is 0.254 e. The molecule has 0 radical (unpaired) electrons. The van der Waals surface area contributed by atoms with E-state index in [1.807, 2.05) is 42.5 Å². The fourth-order valence-electron chi connectivity index (χ4n) is 2.89. The minimum absolute atomic E-state index is 0.0391. The molecule has 3 aromatic rings. The van der Waals surface area contributed by atoms with Crippen molar-refractivity contribution in [3.05, 3.63) is 71.7 Å². The highest BCUT2D eigenvalue weighted by molar-refractivity contribution is 7.13. The highest BCUT2D eigenvalue weighted by Gasteiger charge is 2.19. The molecule has 0 saturated carbocycles. The summed E-state index contributed by atoms with van der Waals surface area (Å²) in [6.45, 7) is 0.909. The van der Waals surface area contributed by atoms with Crippen LogP contribution in [0.4, 0.5) is 5.13 Å². The molecule has 7 heteroatoms. The number of ether oxygens (including phenoxy) is 1. The number of thiazole rings is 1. The topological polar surface area (TPSA) is 71.5 Å². The van der Waals surface area contributed by atoms with Crippen molar-refractivity contribution in [2.45, 2.75) is 6.42 Å². The summed E-state index contributed by atoms with van der Waals surface area (Å²) in [7, 11) is 1.61. The summed E-state index contributed by atoms with van der Waals surface area (Å²) in [5, 5.41) is 5.03. The van der Waals surface area contributed by atoms with Crippen LogP contribution in [0.3, 0.4) is 0 Å². The van der Waals surface area contributed by atoms with E-state index in [1.165, 1.54) is 11.3 Å². The number of methoxy groups -OCH3 is 1. The number of rotatable bonds is 9. The van der Waals surface area contributed by atoms with E-state index in [0.717, 1.165) is 11.1 Å². The molecule has 6 nitrogen and oxygen atoms in total. The molecule has 0 unspecified atom stereocenters. The van der Waals surface area contributed by atoms with Gasteiger partial charge in [-0.15, -0.1) is 11.3 Å². The van der Waals surface area contributed by atoms with Gasteiger partial charge in [-0.25, -0.2) is 4.98 Å². The van der Waals surface area contributed by atoms with E-state index in [9.17, 15) is 9.59 Å². The molecule has 1 heterocycles. The van der Waals surface area contributed by atoms with Gasteiger partial charge in [0.25, 0.3) is 5.91 Å². The molecule has 0 aliphatic heterocycles. The van der Waals surface area contributed by atoms with Crippen LogP contribution in [0.1, 0.15) is 16.8 Å². The van der Waals surface area contributed by atoms with E-state index >= 15 is 0 Å². The van der Waals surface area contributed by atoms with Gasteiger partial charge in [-0.2, -0.15) is 0 Å². The minimum Gasteiger partial charge on any atom is -0.385 e. The molecular formula is C22H23N3O3S. The summed E-state index contributed by atoms with van der Waals surface area (Å²) in [5.74, 6) is -0.457. The third-order valence-electron chi connectivity index (χ3n) is 4.32. The monoisotopic (exact) mass is 409 g/mol. The van der Waals surface area contributed by atoms with Crippen LogP contribution in [0.25, 0.3) is 11.1 Å². The van der Waals surface area contributed by atoms with Crippen molar-refractivity contribution < 1.29 is 14.3 Å². The standard InChI is InChI=1S/C22H23N3O3S/c1-28-14-5-13-25(16-20(26)24-22-23-12-15-29-22)21(27)19-10-8-18(9-11-19)17-6-3-2-4-7-17/h2-4,6-12,15H,5,13-14,16H2,1H3,(H,23,24,26). The second-order valence-corrected chi connectivity index (χ2v) is 7.30. The summed E-state index contributed by atoms with van der Waals surface area (Å²) in [6, 6.07) is 17.4. The van der Waals surface area contributed by atoms with E-state index < -0.39 is 0 Å². The summed E-state index contributed by atoms with van der Waals surface area (Å²) in [5.41, 5.74) is 2.67. The van der Waals surface area contributed by atoms with Gasteiger partial charge >= 0.3 is 0 Å². The van der Waals surface area contributed by atoms with E-state index in [0.29, 0.717) is 30.3 Å². The van der Waals surface area contributed by atoms with Gasteiger partial charge in [-0.05, 0) is 29.7 Å². The molecule has 1 N–H and O–H groups in total. The van der Waals surface area contributed by atoms with Crippen LogP contribution in [0.2, 0.25) is 0 Å². The first-order valence-corrected chi connectivity index (χ1v) is 10.2. The van der Waals surface area contributed by atoms with Crippen molar-refractivity contribution in [1.29, 1.82) is 0 Å². The van der Waals surface area contributed by atoms with E-state index in [1.54, 1.807) is 35.7 Å². The Morgan fingerprint density at radius 2 is 1.79 bits per heavy atom. The van der Waals surface area contributed by atoms with Crippen molar-refractivity contribution in [3.63, 3.8) is 0 Å². The average molecular weight is 410 g/mol. The first kappa shape index (κ1) is 20.7. The van der Waals surface area contributed by atoms with Crippen LogP contribution in [0.5, 0.6) is 0 Å². The number of hydrogen-bond acceptors (Lipinski definition) is 5. The molecule has 2 amide bonds. The number of anilines is 1. The Morgan fingerprint density at radius 3 is 2.45 bits per heavy atom. The highest BCUT2D eigenvalue weighted by Crippen LogP contribution is 2.20. The van der Waals surface area contributed by atoms with Crippen molar-refractivity contribution in [2.75, 3.05) is 32.1 Å². The summed E-state index contributed by atoms with van der Waals surface area (Å²) < 4.78 is 5.09. The van der Waals surface area contributed by atoms with E-state index in [2.05, 4.69) is 10.3 Å². The number of hydrogen-bond donors (Lipinski definition) is 1. The Kier molecular flexibility index (Phi) is 7.49. The molecule has 0 saturated heterocycles. The predicted molar refractivity (Wildman–Crippen MR) is 115 cm³/mol. The van der Waals surface area contributed by atoms with Gasteiger partial charge in [-0.1, -0.05) is 42.5 Å². The molecule has 29 heavy (non-hydrogen) atoms. The second-order valence-electron chi connectivity index (χ2n) is 6.40. The summed E-state index contributed by atoms with van der Waals surface area (Å²) in [6.07, 6.45) is 2.27. The quantitative estimate of drug-likeness (QED) is 0.544. The molecule has 0 atom stereocenters. The summed E-state index contributed by atoms with van der Waals surface area (Å²) >= 11 is 1.34. The number of aromatic nitrogens is 1. The SMILES string of the molecule is COCCCN(CC(=O)Nc1nccs1)C(=O)c1ccc(-c2ccccc2)cc1. The Labute approximate surface area is 174 Å². The first-order valence-electron chi connectivity index (χ1n) is 9.30. The number of nitrogens with zero attached hydrogens (tertiary/aromatic N) is 2. The fourth-order valence-corrected chi connectivity index (χ4v) is 3.43. The fraction of sp³-hybridized carbons (Fsp3) is 0.227. The van der Waals surface area contributed by atoms with Crippen molar-refractivity contribution >= 4 is 28.3 Å². The van der Waals surface area contributed by atoms with Crippen molar-refractivity contribution in [2.24, 2.45) is 0 Å². The number of amides is 2. The van der Waals surface area contributed by atoms with Gasteiger partial charge in [0.15, 0.2) is 5.13 Å².